The van der Waals surface area contributed by atoms with Crippen LogP contribution in [-0.4, -0.2) is 38.3 Å². The van der Waals surface area contributed by atoms with Crippen molar-refractivity contribution in [2.75, 3.05) is 6.54 Å². The Hall–Kier alpha value is -2.96. The van der Waals surface area contributed by atoms with Gasteiger partial charge >= 0.3 is 0 Å². The fourth-order valence-electron chi connectivity index (χ4n) is 3.76. The third-order valence-corrected chi connectivity index (χ3v) is 5.63. The monoisotopic (exact) mass is 377 g/mol. The van der Waals surface area contributed by atoms with Crippen molar-refractivity contribution < 1.29 is 9.53 Å². The Bertz CT molecular complexity index is 1040. The minimum Gasteiger partial charge on any atom is -0.474 e. The number of aryl methyl sites for hydroxylation is 1. The molecule has 0 bridgehead atoms. The van der Waals surface area contributed by atoms with E-state index in [1.54, 1.807) is 4.68 Å². The SMILES string of the molecule is CC(Oc1nc(-c2ccc(C3CC3)nc2)cc2nn(C)cc12)[C@H]1CNC(=O)C1. The lowest BCUT2D eigenvalue weighted by atomic mass is 10.0. The van der Waals surface area contributed by atoms with Crippen molar-refractivity contribution >= 4 is 16.8 Å². The maximum absolute atomic E-state index is 11.5. The molecular formula is C21H23N5O2. The van der Waals surface area contributed by atoms with Gasteiger partial charge in [0.1, 0.15) is 6.10 Å². The second-order valence-corrected chi connectivity index (χ2v) is 7.89. The van der Waals surface area contributed by atoms with Crippen LogP contribution >= 0.6 is 0 Å². The molecular weight excluding hydrogens is 354 g/mol. The maximum Gasteiger partial charge on any atom is 0.225 e. The van der Waals surface area contributed by atoms with E-state index in [9.17, 15) is 4.79 Å². The Morgan fingerprint density at radius 1 is 1.32 bits per heavy atom. The number of carbonyl (C=O) groups excluding carboxylic acids is 1. The molecule has 3 aromatic heterocycles. The van der Waals surface area contributed by atoms with Crippen LogP contribution in [-0.2, 0) is 11.8 Å². The third-order valence-electron chi connectivity index (χ3n) is 5.63. The largest absolute Gasteiger partial charge is 0.474 e. The molecule has 144 valence electrons. The molecule has 28 heavy (non-hydrogen) atoms. The molecule has 1 aliphatic heterocycles. The van der Waals surface area contributed by atoms with Gasteiger partial charge in [0, 0.05) is 55.5 Å². The van der Waals surface area contributed by atoms with E-state index in [0.29, 0.717) is 24.8 Å². The topological polar surface area (TPSA) is 81.9 Å². The van der Waals surface area contributed by atoms with Crippen molar-refractivity contribution in [3.05, 3.63) is 36.3 Å². The van der Waals surface area contributed by atoms with Gasteiger partial charge in [0.2, 0.25) is 11.8 Å². The molecule has 0 spiro atoms. The summed E-state index contributed by atoms with van der Waals surface area (Å²) in [7, 11) is 1.89. The summed E-state index contributed by atoms with van der Waals surface area (Å²) >= 11 is 0. The average Bonchev–Trinajstić information content (AvgIpc) is 3.33. The van der Waals surface area contributed by atoms with Crippen LogP contribution in [0.25, 0.3) is 22.2 Å². The molecule has 1 unspecified atom stereocenters. The fraction of sp³-hybridized carbons (Fsp3) is 0.429. The van der Waals surface area contributed by atoms with Crippen LogP contribution in [0.5, 0.6) is 5.88 Å². The lowest BCUT2D eigenvalue weighted by molar-refractivity contribution is -0.119. The zero-order valence-electron chi connectivity index (χ0n) is 16.1. The summed E-state index contributed by atoms with van der Waals surface area (Å²) in [5.41, 5.74) is 3.74. The molecule has 7 nitrogen and oxygen atoms in total. The number of hydrogen-bond acceptors (Lipinski definition) is 5. The van der Waals surface area contributed by atoms with Crippen molar-refractivity contribution in [3.63, 3.8) is 0 Å². The third kappa shape index (κ3) is 3.21. The van der Waals surface area contributed by atoms with E-state index in [1.807, 2.05) is 32.4 Å². The summed E-state index contributed by atoms with van der Waals surface area (Å²) in [6.07, 6.45) is 6.64. The molecule has 2 fully saturated rings. The first kappa shape index (κ1) is 17.2. The molecule has 3 aromatic rings. The summed E-state index contributed by atoms with van der Waals surface area (Å²) in [5.74, 6) is 1.40. The number of ether oxygens (including phenoxy) is 1. The minimum absolute atomic E-state index is 0.0792. The van der Waals surface area contributed by atoms with E-state index in [2.05, 4.69) is 27.5 Å². The van der Waals surface area contributed by atoms with E-state index >= 15 is 0 Å². The van der Waals surface area contributed by atoms with Gasteiger partial charge in [0.25, 0.3) is 0 Å². The molecule has 2 atom stereocenters. The van der Waals surface area contributed by atoms with Gasteiger partial charge in [-0.2, -0.15) is 5.10 Å². The summed E-state index contributed by atoms with van der Waals surface area (Å²) in [6, 6.07) is 6.14. The van der Waals surface area contributed by atoms with Crippen molar-refractivity contribution in [2.45, 2.75) is 38.2 Å². The highest BCUT2D eigenvalue weighted by Crippen LogP contribution is 2.39. The zero-order valence-corrected chi connectivity index (χ0v) is 16.1. The number of nitrogens with zero attached hydrogens (tertiary/aromatic N) is 4. The van der Waals surface area contributed by atoms with Gasteiger partial charge in [-0.15, -0.1) is 0 Å². The van der Waals surface area contributed by atoms with Crippen molar-refractivity contribution in [1.82, 2.24) is 25.1 Å². The summed E-state index contributed by atoms with van der Waals surface area (Å²) in [6.45, 7) is 2.63. The number of rotatable bonds is 5. The summed E-state index contributed by atoms with van der Waals surface area (Å²) in [5, 5.41) is 8.29. The summed E-state index contributed by atoms with van der Waals surface area (Å²) < 4.78 is 8.00. The van der Waals surface area contributed by atoms with Gasteiger partial charge in [-0.1, -0.05) is 0 Å². The molecule has 2 aliphatic rings. The lowest BCUT2D eigenvalue weighted by Gasteiger charge is -2.19. The second-order valence-electron chi connectivity index (χ2n) is 7.89. The van der Waals surface area contributed by atoms with Gasteiger partial charge in [-0.05, 0) is 38.0 Å². The Morgan fingerprint density at radius 2 is 2.18 bits per heavy atom. The second kappa shape index (κ2) is 6.58. The first-order valence-corrected chi connectivity index (χ1v) is 9.81. The number of fused-ring (bicyclic) bond motifs is 1. The molecule has 1 saturated heterocycles. The molecule has 1 saturated carbocycles. The number of aromatic nitrogens is 4. The van der Waals surface area contributed by atoms with Gasteiger partial charge in [0.15, 0.2) is 0 Å². The highest BCUT2D eigenvalue weighted by molar-refractivity contribution is 5.86. The van der Waals surface area contributed by atoms with Gasteiger partial charge in [-0.3, -0.25) is 14.5 Å². The smallest absolute Gasteiger partial charge is 0.225 e. The molecule has 4 heterocycles. The molecule has 7 heteroatoms. The predicted octanol–water partition coefficient (Wildman–Crippen LogP) is 2.81. The van der Waals surface area contributed by atoms with Gasteiger partial charge in [-0.25, -0.2) is 4.98 Å². The number of amides is 1. The molecule has 0 aromatic carbocycles. The molecule has 5 rings (SSSR count). The first-order chi connectivity index (χ1) is 13.6. The van der Waals surface area contributed by atoms with Crippen LogP contribution in [0.4, 0.5) is 0 Å². The first-order valence-electron chi connectivity index (χ1n) is 9.81. The van der Waals surface area contributed by atoms with Crippen LogP contribution in [0, 0.1) is 5.92 Å². The number of hydrogen-bond donors (Lipinski definition) is 1. The molecule has 0 radical (unpaired) electrons. The van der Waals surface area contributed by atoms with E-state index in [4.69, 9.17) is 9.72 Å². The lowest BCUT2D eigenvalue weighted by Crippen LogP contribution is -2.26. The van der Waals surface area contributed by atoms with E-state index < -0.39 is 0 Å². The quantitative estimate of drug-likeness (QED) is 0.739. The standard InChI is InChI=1S/C21H23N5O2/c1-12(15-7-20(27)23-10-15)28-21-16-11-26(2)25-19(16)8-18(24-21)14-5-6-17(22-9-14)13-3-4-13/h5-6,8-9,11-13,15H,3-4,7,10H2,1-2H3,(H,23,27)/t12?,15-/m1/s1. The average molecular weight is 377 g/mol. The van der Waals surface area contributed by atoms with Crippen LogP contribution in [0.2, 0.25) is 0 Å². The van der Waals surface area contributed by atoms with Crippen molar-refractivity contribution in [2.24, 2.45) is 13.0 Å². The maximum atomic E-state index is 11.5. The van der Waals surface area contributed by atoms with Crippen LogP contribution in [0.15, 0.2) is 30.6 Å². The number of pyridine rings is 2. The Morgan fingerprint density at radius 3 is 2.86 bits per heavy atom. The number of nitrogens with one attached hydrogen (secondary N) is 1. The Balaban J connectivity index is 1.49. The minimum atomic E-state index is -0.125. The number of carbonyl (C=O) groups is 1. The van der Waals surface area contributed by atoms with Gasteiger partial charge in [0.05, 0.1) is 16.6 Å². The van der Waals surface area contributed by atoms with Gasteiger partial charge < -0.3 is 10.1 Å². The Kier molecular flexibility index (Phi) is 4.03. The molecule has 1 aliphatic carbocycles. The predicted molar refractivity (Wildman–Crippen MR) is 105 cm³/mol. The van der Waals surface area contributed by atoms with Crippen LogP contribution in [0.3, 0.4) is 0 Å². The normalized spacial score (nSPS) is 20.4. The van der Waals surface area contributed by atoms with Crippen LogP contribution < -0.4 is 10.1 Å². The summed E-state index contributed by atoms with van der Waals surface area (Å²) in [4.78, 5) is 20.9. The highest BCUT2D eigenvalue weighted by atomic mass is 16.5. The van der Waals surface area contributed by atoms with Crippen LogP contribution in [0.1, 0.15) is 37.8 Å². The molecule has 1 N–H and O–H groups in total. The van der Waals surface area contributed by atoms with Crippen molar-refractivity contribution in [1.29, 1.82) is 0 Å². The van der Waals surface area contributed by atoms with Crippen molar-refractivity contribution in [3.8, 4) is 17.1 Å². The van der Waals surface area contributed by atoms with E-state index in [0.717, 1.165) is 27.9 Å². The zero-order chi connectivity index (χ0) is 19.3. The van der Waals surface area contributed by atoms with E-state index in [-0.39, 0.29) is 17.9 Å². The Labute approximate surface area is 163 Å². The highest BCUT2D eigenvalue weighted by Gasteiger charge is 2.29. The fourth-order valence-corrected chi connectivity index (χ4v) is 3.76. The molecule has 1 amide bonds. The van der Waals surface area contributed by atoms with E-state index in [1.165, 1.54) is 12.8 Å².